The molecule has 2 rings (SSSR count). The second-order valence-electron chi connectivity index (χ2n) is 4.97. The zero-order valence-electron chi connectivity index (χ0n) is 9.50. The lowest BCUT2D eigenvalue weighted by molar-refractivity contribution is 0.227. The molecule has 3 unspecified atom stereocenters. The minimum Gasteiger partial charge on any atom is -0.0808 e. The van der Waals surface area contributed by atoms with E-state index in [1.54, 1.807) is 5.57 Å². The summed E-state index contributed by atoms with van der Waals surface area (Å²) < 4.78 is 0. The number of fused-ring (bicyclic) bond motifs is 1. The number of allylic oxidation sites excluding steroid dienone is 4. The molecular weight excluding hydrogens is 168 g/mol. The van der Waals surface area contributed by atoms with E-state index in [1.807, 2.05) is 0 Å². The van der Waals surface area contributed by atoms with Gasteiger partial charge in [0.25, 0.3) is 0 Å². The molecule has 1 saturated carbocycles. The fourth-order valence-corrected chi connectivity index (χ4v) is 3.28. The fourth-order valence-electron chi connectivity index (χ4n) is 3.28. The number of rotatable bonds is 2. The van der Waals surface area contributed by atoms with Gasteiger partial charge < -0.3 is 0 Å². The van der Waals surface area contributed by atoms with Gasteiger partial charge in [0, 0.05) is 0 Å². The maximum atomic E-state index is 2.44. The van der Waals surface area contributed by atoms with Crippen LogP contribution in [0.4, 0.5) is 0 Å². The summed E-state index contributed by atoms with van der Waals surface area (Å²) in [5, 5.41) is 0. The topological polar surface area (TPSA) is 0 Å². The third-order valence-corrected chi connectivity index (χ3v) is 3.91. The molecule has 0 bridgehead atoms. The van der Waals surface area contributed by atoms with Crippen LogP contribution in [0.25, 0.3) is 0 Å². The molecule has 1 fully saturated rings. The summed E-state index contributed by atoms with van der Waals surface area (Å²) in [6.45, 7) is 4.74. The molecule has 0 aliphatic heterocycles. The average Bonchev–Trinajstić information content (AvgIpc) is 2.19. The first-order chi connectivity index (χ1) is 6.83. The van der Waals surface area contributed by atoms with Crippen LogP contribution in [0, 0.1) is 17.8 Å². The molecule has 0 amide bonds. The second-order valence-corrected chi connectivity index (χ2v) is 4.97. The molecule has 0 nitrogen and oxygen atoms in total. The standard InChI is InChI=1S/C14H22/c1-3-6-12-9-5-10-13-8-4-7-11(2)14(12)13/h5,9-11,13-14H,3-4,6-8H2,1-2H3. The Morgan fingerprint density at radius 3 is 3.00 bits per heavy atom. The quantitative estimate of drug-likeness (QED) is 0.608. The van der Waals surface area contributed by atoms with Gasteiger partial charge in [-0.3, -0.25) is 0 Å². The summed E-state index contributed by atoms with van der Waals surface area (Å²) in [4.78, 5) is 0. The molecule has 0 saturated heterocycles. The van der Waals surface area contributed by atoms with E-state index in [4.69, 9.17) is 0 Å². The summed E-state index contributed by atoms with van der Waals surface area (Å²) in [5.74, 6) is 2.66. The SMILES string of the molecule is CCCC1=CC=CC2CCCC(C)C12. The van der Waals surface area contributed by atoms with Crippen molar-refractivity contribution in [3.8, 4) is 0 Å². The molecule has 2 aliphatic carbocycles. The van der Waals surface area contributed by atoms with Crippen LogP contribution in [0.3, 0.4) is 0 Å². The van der Waals surface area contributed by atoms with Crippen molar-refractivity contribution >= 4 is 0 Å². The molecule has 0 aromatic carbocycles. The van der Waals surface area contributed by atoms with Crippen molar-refractivity contribution in [2.75, 3.05) is 0 Å². The average molecular weight is 190 g/mol. The summed E-state index contributed by atoms with van der Waals surface area (Å²) in [7, 11) is 0. The summed E-state index contributed by atoms with van der Waals surface area (Å²) in [5.41, 5.74) is 1.73. The molecule has 0 spiro atoms. The van der Waals surface area contributed by atoms with Crippen LogP contribution in [0.2, 0.25) is 0 Å². The first-order valence-electron chi connectivity index (χ1n) is 6.20. The Bertz CT molecular complexity index is 247. The maximum Gasteiger partial charge on any atom is -0.0111 e. The zero-order valence-corrected chi connectivity index (χ0v) is 9.50. The predicted octanol–water partition coefficient (Wildman–Crippen LogP) is 4.34. The van der Waals surface area contributed by atoms with Crippen molar-refractivity contribution in [2.45, 2.75) is 46.0 Å². The van der Waals surface area contributed by atoms with E-state index < -0.39 is 0 Å². The molecule has 78 valence electrons. The summed E-state index contributed by atoms with van der Waals surface area (Å²) in [6, 6.07) is 0. The van der Waals surface area contributed by atoms with Crippen molar-refractivity contribution in [3.63, 3.8) is 0 Å². The highest BCUT2D eigenvalue weighted by atomic mass is 14.4. The Labute approximate surface area is 88.1 Å². The molecule has 2 aliphatic rings. The zero-order chi connectivity index (χ0) is 9.97. The Morgan fingerprint density at radius 1 is 1.36 bits per heavy atom. The lowest BCUT2D eigenvalue weighted by atomic mass is 9.67. The van der Waals surface area contributed by atoms with Crippen molar-refractivity contribution in [3.05, 3.63) is 23.8 Å². The van der Waals surface area contributed by atoms with Crippen LogP contribution in [0.15, 0.2) is 23.8 Å². The molecule has 0 heterocycles. The Hall–Kier alpha value is -0.520. The lowest BCUT2D eigenvalue weighted by Crippen LogP contribution is -2.28. The Kier molecular flexibility index (Phi) is 3.10. The summed E-state index contributed by atoms with van der Waals surface area (Å²) in [6.07, 6.45) is 14.0. The van der Waals surface area contributed by atoms with Gasteiger partial charge >= 0.3 is 0 Å². The van der Waals surface area contributed by atoms with Crippen molar-refractivity contribution in [1.82, 2.24) is 0 Å². The van der Waals surface area contributed by atoms with Gasteiger partial charge in [-0.1, -0.05) is 56.9 Å². The van der Waals surface area contributed by atoms with Crippen LogP contribution in [0.5, 0.6) is 0 Å². The molecule has 3 atom stereocenters. The highest BCUT2D eigenvalue weighted by molar-refractivity contribution is 5.24. The molecular formula is C14H22. The van der Waals surface area contributed by atoms with Gasteiger partial charge in [-0.05, 0) is 30.6 Å². The molecule has 0 N–H and O–H groups in total. The highest BCUT2D eigenvalue weighted by Gasteiger charge is 2.32. The largest absolute Gasteiger partial charge is 0.0808 e. The smallest absolute Gasteiger partial charge is 0.0111 e. The van der Waals surface area contributed by atoms with Crippen LogP contribution in [-0.2, 0) is 0 Å². The third kappa shape index (κ3) is 1.80. The second kappa shape index (κ2) is 4.33. The van der Waals surface area contributed by atoms with Crippen molar-refractivity contribution in [1.29, 1.82) is 0 Å². The molecule has 0 aromatic rings. The van der Waals surface area contributed by atoms with Crippen molar-refractivity contribution in [2.24, 2.45) is 17.8 Å². The van der Waals surface area contributed by atoms with Crippen LogP contribution in [0.1, 0.15) is 46.0 Å². The van der Waals surface area contributed by atoms with Crippen molar-refractivity contribution < 1.29 is 0 Å². The number of hydrogen-bond acceptors (Lipinski definition) is 0. The Morgan fingerprint density at radius 2 is 2.21 bits per heavy atom. The van der Waals surface area contributed by atoms with Gasteiger partial charge in [-0.15, -0.1) is 0 Å². The van der Waals surface area contributed by atoms with Crippen LogP contribution >= 0.6 is 0 Å². The predicted molar refractivity (Wildman–Crippen MR) is 62.1 cm³/mol. The van der Waals surface area contributed by atoms with Gasteiger partial charge in [0.15, 0.2) is 0 Å². The van der Waals surface area contributed by atoms with E-state index >= 15 is 0 Å². The van der Waals surface area contributed by atoms with E-state index in [9.17, 15) is 0 Å². The van der Waals surface area contributed by atoms with E-state index in [-0.39, 0.29) is 0 Å². The highest BCUT2D eigenvalue weighted by Crippen LogP contribution is 2.43. The molecule has 14 heavy (non-hydrogen) atoms. The summed E-state index contributed by atoms with van der Waals surface area (Å²) >= 11 is 0. The van der Waals surface area contributed by atoms with E-state index in [0.29, 0.717) is 0 Å². The van der Waals surface area contributed by atoms with Crippen LogP contribution in [-0.4, -0.2) is 0 Å². The normalized spacial score (nSPS) is 36.4. The van der Waals surface area contributed by atoms with Gasteiger partial charge in [-0.2, -0.15) is 0 Å². The first-order valence-corrected chi connectivity index (χ1v) is 6.20. The van der Waals surface area contributed by atoms with E-state index in [1.165, 1.54) is 32.1 Å². The van der Waals surface area contributed by atoms with E-state index in [2.05, 4.69) is 32.1 Å². The maximum absolute atomic E-state index is 2.44. The Balaban J connectivity index is 2.15. The fraction of sp³-hybridized carbons (Fsp3) is 0.714. The third-order valence-electron chi connectivity index (χ3n) is 3.91. The minimum absolute atomic E-state index is 0.866. The van der Waals surface area contributed by atoms with Gasteiger partial charge in [-0.25, -0.2) is 0 Å². The molecule has 0 aromatic heterocycles. The lowest BCUT2D eigenvalue weighted by Gasteiger charge is -2.38. The van der Waals surface area contributed by atoms with Crippen LogP contribution < -0.4 is 0 Å². The monoisotopic (exact) mass is 190 g/mol. The van der Waals surface area contributed by atoms with E-state index in [0.717, 1.165) is 17.8 Å². The number of hydrogen-bond donors (Lipinski definition) is 0. The molecule has 0 radical (unpaired) electrons. The van der Waals surface area contributed by atoms with Gasteiger partial charge in [0.05, 0.1) is 0 Å². The first kappa shape index (κ1) is 10.0. The molecule has 0 heteroatoms. The van der Waals surface area contributed by atoms with Gasteiger partial charge in [0.1, 0.15) is 0 Å². The minimum atomic E-state index is 0.866. The van der Waals surface area contributed by atoms with Gasteiger partial charge in [0.2, 0.25) is 0 Å².